The fourth-order valence-electron chi connectivity index (χ4n) is 2.68. The lowest BCUT2D eigenvalue weighted by Crippen LogP contribution is -1.91. The lowest BCUT2D eigenvalue weighted by atomic mass is 9.93. The molecule has 3 aromatic rings. The average molecular weight is 252 g/mol. The fraction of sp³-hybridized carbons (Fsp3) is 0.176. The number of benzene rings is 3. The lowest BCUT2D eigenvalue weighted by molar-refractivity contribution is 0.466. The van der Waals surface area contributed by atoms with Crippen molar-refractivity contribution in [3.05, 3.63) is 48.0 Å². The second-order valence-corrected chi connectivity index (χ2v) is 5.26. The zero-order chi connectivity index (χ0) is 13.6. The van der Waals surface area contributed by atoms with E-state index < -0.39 is 0 Å². The summed E-state index contributed by atoms with van der Waals surface area (Å²) in [6, 6.07) is 13.1. The van der Waals surface area contributed by atoms with Crippen LogP contribution in [0, 0.1) is 0 Å². The van der Waals surface area contributed by atoms with Crippen LogP contribution in [0.4, 0.5) is 0 Å². The van der Waals surface area contributed by atoms with Gasteiger partial charge in [0.05, 0.1) is 0 Å². The Morgan fingerprint density at radius 3 is 2.26 bits per heavy atom. The van der Waals surface area contributed by atoms with Crippen molar-refractivity contribution in [2.75, 3.05) is 0 Å². The van der Waals surface area contributed by atoms with E-state index in [1.165, 1.54) is 0 Å². The summed E-state index contributed by atoms with van der Waals surface area (Å²) in [4.78, 5) is 0. The van der Waals surface area contributed by atoms with Crippen LogP contribution in [0.15, 0.2) is 42.5 Å². The first-order valence-corrected chi connectivity index (χ1v) is 6.44. The van der Waals surface area contributed by atoms with Gasteiger partial charge in [-0.2, -0.15) is 0 Å². The molecule has 0 atom stereocenters. The van der Waals surface area contributed by atoms with Crippen molar-refractivity contribution in [2.45, 2.75) is 19.8 Å². The van der Waals surface area contributed by atoms with Crippen LogP contribution in [0.3, 0.4) is 0 Å². The number of fused-ring (bicyclic) bond motifs is 2. The molecule has 0 aliphatic carbocycles. The average Bonchev–Trinajstić information content (AvgIpc) is 2.36. The molecule has 3 aromatic carbocycles. The Morgan fingerprint density at radius 1 is 0.789 bits per heavy atom. The SMILES string of the molecule is CC(C)c1c(O)ccc2cc3cc(O)ccc3cc12. The first-order chi connectivity index (χ1) is 9.06. The van der Waals surface area contributed by atoms with Gasteiger partial charge in [-0.05, 0) is 57.8 Å². The Hall–Kier alpha value is -2.22. The first kappa shape index (κ1) is 11.8. The maximum atomic E-state index is 10.1. The minimum absolute atomic E-state index is 0.262. The molecule has 2 N–H and O–H groups in total. The summed E-state index contributed by atoms with van der Waals surface area (Å²) in [6.07, 6.45) is 0. The van der Waals surface area contributed by atoms with Crippen molar-refractivity contribution in [3.8, 4) is 11.5 Å². The highest BCUT2D eigenvalue weighted by molar-refractivity contribution is 6.01. The molecular formula is C17H16O2. The van der Waals surface area contributed by atoms with Crippen LogP contribution in [0.1, 0.15) is 25.3 Å². The Labute approximate surface area is 111 Å². The van der Waals surface area contributed by atoms with Crippen molar-refractivity contribution < 1.29 is 10.2 Å². The molecule has 96 valence electrons. The Kier molecular flexibility index (Phi) is 2.59. The Morgan fingerprint density at radius 2 is 1.53 bits per heavy atom. The predicted molar refractivity (Wildman–Crippen MR) is 78.9 cm³/mol. The van der Waals surface area contributed by atoms with Crippen molar-refractivity contribution in [1.29, 1.82) is 0 Å². The monoisotopic (exact) mass is 252 g/mol. The van der Waals surface area contributed by atoms with Crippen LogP contribution in [0.25, 0.3) is 21.5 Å². The van der Waals surface area contributed by atoms with Crippen LogP contribution in [0.5, 0.6) is 11.5 Å². The van der Waals surface area contributed by atoms with Gasteiger partial charge in [0.15, 0.2) is 0 Å². The van der Waals surface area contributed by atoms with Gasteiger partial charge < -0.3 is 10.2 Å². The van der Waals surface area contributed by atoms with Gasteiger partial charge >= 0.3 is 0 Å². The second-order valence-electron chi connectivity index (χ2n) is 5.26. The van der Waals surface area contributed by atoms with Crippen LogP contribution in [0.2, 0.25) is 0 Å². The zero-order valence-corrected chi connectivity index (χ0v) is 11.0. The highest BCUT2D eigenvalue weighted by Gasteiger charge is 2.11. The van der Waals surface area contributed by atoms with E-state index in [9.17, 15) is 10.2 Å². The first-order valence-electron chi connectivity index (χ1n) is 6.44. The molecule has 0 saturated carbocycles. The molecule has 0 saturated heterocycles. The number of aromatic hydroxyl groups is 2. The minimum atomic E-state index is 0.262. The topological polar surface area (TPSA) is 40.5 Å². The molecule has 2 heteroatoms. The molecule has 3 rings (SSSR count). The number of rotatable bonds is 1. The van der Waals surface area contributed by atoms with Crippen LogP contribution in [-0.2, 0) is 0 Å². The number of phenolic OH excluding ortho intramolecular Hbond substituents is 2. The number of phenols is 2. The lowest BCUT2D eigenvalue weighted by Gasteiger charge is -2.13. The Bertz CT molecular complexity index is 773. The quantitative estimate of drug-likeness (QED) is 0.625. The maximum absolute atomic E-state index is 10.1. The third-order valence-corrected chi connectivity index (χ3v) is 3.56. The molecule has 0 aromatic heterocycles. The van der Waals surface area contributed by atoms with E-state index in [0.717, 1.165) is 27.1 Å². The zero-order valence-electron chi connectivity index (χ0n) is 11.0. The molecule has 0 spiro atoms. The highest BCUT2D eigenvalue weighted by Crippen LogP contribution is 2.35. The third-order valence-electron chi connectivity index (χ3n) is 3.56. The summed E-state index contributed by atoms with van der Waals surface area (Å²) in [5, 5.41) is 23.8. The molecule has 0 radical (unpaired) electrons. The van der Waals surface area contributed by atoms with Gasteiger partial charge in [0, 0.05) is 5.56 Å². The molecule has 2 nitrogen and oxygen atoms in total. The predicted octanol–water partition coefficient (Wildman–Crippen LogP) is 4.53. The summed E-state index contributed by atoms with van der Waals surface area (Å²) in [5.74, 6) is 0.883. The minimum Gasteiger partial charge on any atom is -0.508 e. The van der Waals surface area contributed by atoms with Gasteiger partial charge in [-0.25, -0.2) is 0 Å². The van der Waals surface area contributed by atoms with Gasteiger partial charge in [0.1, 0.15) is 11.5 Å². The molecule has 0 aliphatic heterocycles. The second kappa shape index (κ2) is 4.16. The standard InChI is InChI=1S/C17H16O2/c1-10(2)17-15-9-11-3-5-14(18)8-13(11)7-12(15)4-6-16(17)19/h3-10,18-19H,1-2H3. The largest absolute Gasteiger partial charge is 0.508 e. The van der Waals surface area contributed by atoms with Gasteiger partial charge in [0.25, 0.3) is 0 Å². The summed E-state index contributed by atoms with van der Waals surface area (Å²) in [5.41, 5.74) is 0.979. The molecule has 0 fully saturated rings. The van der Waals surface area contributed by atoms with E-state index >= 15 is 0 Å². The smallest absolute Gasteiger partial charge is 0.119 e. The van der Waals surface area contributed by atoms with E-state index in [4.69, 9.17) is 0 Å². The molecular weight excluding hydrogens is 236 g/mol. The molecule has 0 aliphatic rings. The fourth-order valence-corrected chi connectivity index (χ4v) is 2.68. The van der Waals surface area contributed by atoms with Crippen LogP contribution < -0.4 is 0 Å². The van der Waals surface area contributed by atoms with E-state index in [0.29, 0.717) is 5.75 Å². The Balaban J connectivity index is 2.44. The summed E-state index contributed by atoms with van der Waals surface area (Å²) < 4.78 is 0. The van der Waals surface area contributed by atoms with Crippen LogP contribution in [-0.4, -0.2) is 10.2 Å². The number of hydrogen-bond acceptors (Lipinski definition) is 2. The van der Waals surface area contributed by atoms with Gasteiger partial charge in [-0.1, -0.05) is 26.0 Å². The summed E-state index contributed by atoms with van der Waals surface area (Å²) in [6.45, 7) is 4.16. The molecule has 0 unspecified atom stereocenters. The highest BCUT2D eigenvalue weighted by atomic mass is 16.3. The normalized spacial score (nSPS) is 11.5. The van der Waals surface area contributed by atoms with Gasteiger partial charge in [-0.15, -0.1) is 0 Å². The van der Waals surface area contributed by atoms with Crippen molar-refractivity contribution in [1.82, 2.24) is 0 Å². The third kappa shape index (κ3) is 1.89. The van der Waals surface area contributed by atoms with Crippen LogP contribution >= 0.6 is 0 Å². The van der Waals surface area contributed by atoms with E-state index in [1.54, 1.807) is 18.2 Å². The molecule has 0 bridgehead atoms. The van der Waals surface area contributed by atoms with Gasteiger partial charge in [0.2, 0.25) is 0 Å². The van der Waals surface area contributed by atoms with E-state index in [2.05, 4.69) is 26.0 Å². The summed E-state index contributed by atoms with van der Waals surface area (Å²) >= 11 is 0. The van der Waals surface area contributed by atoms with Crippen molar-refractivity contribution >= 4 is 21.5 Å². The molecule has 19 heavy (non-hydrogen) atoms. The van der Waals surface area contributed by atoms with E-state index in [1.807, 2.05) is 12.1 Å². The van der Waals surface area contributed by atoms with Crippen molar-refractivity contribution in [3.63, 3.8) is 0 Å². The van der Waals surface area contributed by atoms with Crippen molar-refractivity contribution in [2.24, 2.45) is 0 Å². The summed E-state index contributed by atoms with van der Waals surface area (Å²) in [7, 11) is 0. The molecule has 0 amide bonds. The van der Waals surface area contributed by atoms with E-state index in [-0.39, 0.29) is 11.7 Å². The molecule has 0 heterocycles. The maximum Gasteiger partial charge on any atom is 0.119 e. The number of hydrogen-bond donors (Lipinski definition) is 2. The van der Waals surface area contributed by atoms with Gasteiger partial charge in [-0.3, -0.25) is 0 Å².